The average molecular weight is 236 g/mol. The number of nitrogens with zero attached hydrogens (tertiary/aromatic N) is 2. The van der Waals surface area contributed by atoms with Crippen molar-refractivity contribution in [3.63, 3.8) is 0 Å². The standard InChI is InChI=1S/C13H20N2O2/c1-2-6-15-7-5-14-13(15)12(16)10-8-9-3-4-11(10)17-9/h5,7,9-12,16H,2-4,6,8H2,1H3. The first-order valence-corrected chi connectivity index (χ1v) is 6.64. The molecule has 2 aliphatic rings. The zero-order valence-electron chi connectivity index (χ0n) is 10.2. The van der Waals surface area contributed by atoms with E-state index >= 15 is 0 Å². The number of imidazole rings is 1. The van der Waals surface area contributed by atoms with Crippen molar-refractivity contribution in [2.75, 3.05) is 0 Å². The molecule has 94 valence electrons. The quantitative estimate of drug-likeness (QED) is 0.868. The highest BCUT2D eigenvalue weighted by Crippen LogP contribution is 2.44. The zero-order chi connectivity index (χ0) is 11.8. The highest BCUT2D eigenvalue weighted by molar-refractivity contribution is 5.03. The van der Waals surface area contributed by atoms with E-state index in [4.69, 9.17) is 4.74 Å². The number of rotatable bonds is 4. The molecule has 2 aliphatic heterocycles. The molecule has 1 aromatic rings. The molecule has 0 saturated carbocycles. The number of hydrogen-bond donors (Lipinski definition) is 1. The second kappa shape index (κ2) is 4.42. The summed E-state index contributed by atoms with van der Waals surface area (Å²) in [5, 5.41) is 10.5. The van der Waals surface area contributed by atoms with Crippen molar-refractivity contribution in [1.82, 2.24) is 9.55 Å². The van der Waals surface area contributed by atoms with E-state index in [0.717, 1.165) is 38.1 Å². The smallest absolute Gasteiger partial charge is 0.138 e. The summed E-state index contributed by atoms with van der Waals surface area (Å²) in [4.78, 5) is 4.32. The monoisotopic (exact) mass is 236 g/mol. The summed E-state index contributed by atoms with van der Waals surface area (Å²) in [7, 11) is 0. The van der Waals surface area contributed by atoms with Crippen LogP contribution in [0.5, 0.6) is 0 Å². The fourth-order valence-electron chi connectivity index (χ4n) is 3.22. The third-order valence-electron chi connectivity index (χ3n) is 4.04. The van der Waals surface area contributed by atoms with E-state index in [0.29, 0.717) is 6.10 Å². The molecule has 4 atom stereocenters. The number of fused-ring (bicyclic) bond motifs is 2. The highest BCUT2D eigenvalue weighted by Gasteiger charge is 2.45. The average Bonchev–Trinajstić information content (AvgIpc) is 3.03. The third kappa shape index (κ3) is 1.89. The lowest BCUT2D eigenvalue weighted by Crippen LogP contribution is -2.25. The van der Waals surface area contributed by atoms with Gasteiger partial charge in [-0.3, -0.25) is 0 Å². The molecule has 1 N–H and O–H groups in total. The van der Waals surface area contributed by atoms with E-state index in [1.807, 2.05) is 6.20 Å². The van der Waals surface area contributed by atoms with Gasteiger partial charge in [0, 0.05) is 24.9 Å². The number of hydrogen-bond acceptors (Lipinski definition) is 3. The Bertz CT molecular complexity index is 391. The maximum absolute atomic E-state index is 10.5. The van der Waals surface area contributed by atoms with Gasteiger partial charge in [0.25, 0.3) is 0 Å². The number of aromatic nitrogens is 2. The number of aliphatic hydroxyl groups excluding tert-OH is 1. The van der Waals surface area contributed by atoms with Gasteiger partial charge in [-0.1, -0.05) is 6.92 Å². The van der Waals surface area contributed by atoms with Crippen LogP contribution in [0.1, 0.15) is 44.5 Å². The van der Waals surface area contributed by atoms with Gasteiger partial charge in [-0.15, -0.1) is 0 Å². The fourth-order valence-corrected chi connectivity index (χ4v) is 3.22. The van der Waals surface area contributed by atoms with E-state index in [-0.39, 0.29) is 12.0 Å². The predicted octanol–water partition coefficient (Wildman–Crippen LogP) is 1.89. The second-order valence-electron chi connectivity index (χ2n) is 5.20. The minimum absolute atomic E-state index is 0.242. The van der Waals surface area contributed by atoms with Crippen molar-refractivity contribution in [2.45, 2.75) is 57.5 Å². The van der Waals surface area contributed by atoms with Gasteiger partial charge >= 0.3 is 0 Å². The fraction of sp³-hybridized carbons (Fsp3) is 0.769. The molecule has 0 spiro atoms. The minimum atomic E-state index is -0.466. The van der Waals surface area contributed by atoms with Crippen molar-refractivity contribution < 1.29 is 9.84 Å². The summed E-state index contributed by atoms with van der Waals surface area (Å²) < 4.78 is 7.87. The Morgan fingerprint density at radius 2 is 2.47 bits per heavy atom. The normalized spacial score (nSPS) is 33.2. The molecular weight excluding hydrogens is 216 g/mol. The lowest BCUT2D eigenvalue weighted by Gasteiger charge is -2.24. The SMILES string of the molecule is CCCn1ccnc1C(O)C1CC2CCC1O2. The Balaban J connectivity index is 1.77. The number of aliphatic hydroxyl groups is 1. The van der Waals surface area contributed by atoms with Crippen LogP contribution in [0, 0.1) is 5.92 Å². The first kappa shape index (κ1) is 11.2. The molecule has 2 saturated heterocycles. The van der Waals surface area contributed by atoms with Gasteiger partial charge in [-0.05, 0) is 25.7 Å². The van der Waals surface area contributed by atoms with Crippen LogP contribution in [0.4, 0.5) is 0 Å². The first-order chi connectivity index (χ1) is 8.29. The second-order valence-corrected chi connectivity index (χ2v) is 5.20. The van der Waals surface area contributed by atoms with Crippen molar-refractivity contribution in [3.05, 3.63) is 18.2 Å². The van der Waals surface area contributed by atoms with Crippen LogP contribution >= 0.6 is 0 Å². The van der Waals surface area contributed by atoms with Crippen molar-refractivity contribution >= 4 is 0 Å². The summed E-state index contributed by atoms with van der Waals surface area (Å²) in [6, 6.07) is 0. The van der Waals surface area contributed by atoms with Gasteiger partial charge in [-0.25, -0.2) is 4.98 Å². The zero-order valence-corrected chi connectivity index (χ0v) is 10.2. The topological polar surface area (TPSA) is 47.3 Å². The van der Waals surface area contributed by atoms with Gasteiger partial charge in [0.05, 0.1) is 12.2 Å². The molecule has 3 rings (SSSR count). The number of ether oxygens (including phenoxy) is 1. The summed E-state index contributed by atoms with van der Waals surface area (Å²) in [5.74, 6) is 1.06. The predicted molar refractivity (Wildman–Crippen MR) is 63.5 cm³/mol. The minimum Gasteiger partial charge on any atom is -0.385 e. The van der Waals surface area contributed by atoms with Crippen molar-refractivity contribution in [3.8, 4) is 0 Å². The Morgan fingerprint density at radius 1 is 1.59 bits per heavy atom. The highest BCUT2D eigenvalue weighted by atomic mass is 16.5. The van der Waals surface area contributed by atoms with Gasteiger partial charge in [0.15, 0.2) is 0 Å². The van der Waals surface area contributed by atoms with Crippen LogP contribution < -0.4 is 0 Å². The summed E-state index contributed by atoms with van der Waals surface area (Å²) in [5.41, 5.74) is 0. The van der Waals surface area contributed by atoms with E-state index in [1.54, 1.807) is 6.20 Å². The Labute approximate surface area is 102 Å². The Kier molecular flexibility index (Phi) is 2.92. The van der Waals surface area contributed by atoms with Crippen LogP contribution in [-0.4, -0.2) is 26.9 Å². The largest absolute Gasteiger partial charge is 0.385 e. The maximum atomic E-state index is 10.5. The molecule has 17 heavy (non-hydrogen) atoms. The summed E-state index contributed by atoms with van der Waals surface area (Å²) in [6.45, 7) is 3.06. The molecule has 2 fully saturated rings. The molecule has 0 aliphatic carbocycles. The Hall–Kier alpha value is -0.870. The lowest BCUT2D eigenvalue weighted by atomic mass is 9.85. The molecular formula is C13H20N2O2. The van der Waals surface area contributed by atoms with Crippen LogP contribution in [0.2, 0.25) is 0 Å². The molecule has 4 unspecified atom stereocenters. The van der Waals surface area contributed by atoms with Crippen molar-refractivity contribution in [1.29, 1.82) is 0 Å². The Morgan fingerprint density at radius 3 is 3.12 bits per heavy atom. The maximum Gasteiger partial charge on any atom is 0.138 e. The summed E-state index contributed by atoms with van der Waals surface area (Å²) >= 11 is 0. The molecule has 4 heteroatoms. The molecule has 4 nitrogen and oxygen atoms in total. The van der Waals surface area contributed by atoms with E-state index in [9.17, 15) is 5.11 Å². The molecule has 0 aromatic carbocycles. The van der Waals surface area contributed by atoms with Gasteiger partial charge in [0.1, 0.15) is 11.9 Å². The molecule has 3 heterocycles. The van der Waals surface area contributed by atoms with Crippen molar-refractivity contribution in [2.24, 2.45) is 5.92 Å². The third-order valence-corrected chi connectivity index (χ3v) is 4.04. The van der Waals surface area contributed by atoms with E-state index in [2.05, 4.69) is 16.5 Å². The van der Waals surface area contributed by atoms with E-state index in [1.165, 1.54) is 0 Å². The molecule has 2 bridgehead atoms. The molecule has 1 aromatic heterocycles. The lowest BCUT2D eigenvalue weighted by molar-refractivity contribution is 0.0363. The van der Waals surface area contributed by atoms with E-state index < -0.39 is 6.10 Å². The molecule has 0 amide bonds. The first-order valence-electron chi connectivity index (χ1n) is 6.64. The summed E-state index contributed by atoms with van der Waals surface area (Å²) in [6.07, 6.45) is 8.22. The van der Waals surface area contributed by atoms with Crippen LogP contribution in [-0.2, 0) is 11.3 Å². The van der Waals surface area contributed by atoms with Crippen LogP contribution in [0.3, 0.4) is 0 Å². The molecule has 0 radical (unpaired) electrons. The van der Waals surface area contributed by atoms with Gasteiger partial charge in [-0.2, -0.15) is 0 Å². The van der Waals surface area contributed by atoms with Crippen LogP contribution in [0.25, 0.3) is 0 Å². The van der Waals surface area contributed by atoms with Gasteiger partial charge < -0.3 is 14.4 Å². The number of aryl methyl sites for hydroxylation is 1. The van der Waals surface area contributed by atoms with Crippen LogP contribution in [0.15, 0.2) is 12.4 Å². The van der Waals surface area contributed by atoms with Gasteiger partial charge in [0.2, 0.25) is 0 Å².